The number of aromatic nitrogens is 3. The van der Waals surface area contributed by atoms with Gasteiger partial charge in [-0.1, -0.05) is 23.7 Å². The van der Waals surface area contributed by atoms with Crippen LogP contribution in [0.3, 0.4) is 0 Å². The fourth-order valence-electron chi connectivity index (χ4n) is 1.91. The number of benzene rings is 1. The Hall–Kier alpha value is -2.38. The molecule has 0 radical (unpaired) electrons. The van der Waals surface area contributed by atoms with Crippen LogP contribution < -0.4 is 0 Å². The van der Waals surface area contributed by atoms with E-state index in [0.29, 0.717) is 16.4 Å². The Kier molecular flexibility index (Phi) is 2.47. The first-order valence-electron chi connectivity index (χ1n) is 5.27. The van der Waals surface area contributed by atoms with Gasteiger partial charge in [0.1, 0.15) is 17.1 Å². The fourth-order valence-corrected chi connectivity index (χ4v) is 2.14. The van der Waals surface area contributed by atoms with Gasteiger partial charge in [0.15, 0.2) is 0 Å². The van der Waals surface area contributed by atoms with Crippen molar-refractivity contribution in [1.29, 1.82) is 5.26 Å². The van der Waals surface area contributed by atoms with E-state index in [0.717, 1.165) is 16.5 Å². The molecule has 0 aliphatic carbocycles. The lowest BCUT2D eigenvalue weighted by Gasteiger charge is -2.00. The van der Waals surface area contributed by atoms with Crippen LogP contribution in [0, 0.1) is 11.3 Å². The summed E-state index contributed by atoms with van der Waals surface area (Å²) in [7, 11) is 0. The molecule has 0 unspecified atom stereocenters. The Bertz CT molecular complexity index is 770. The van der Waals surface area contributed by atoms with Gasteiger partial charge < -0.3 is 4.98 Å². The van der Waals surface area contributed by atoms with Crippen molar-refractivity contribution >= 4 is 22.6 Å². The number of rotatable bonds is 1. The smallest absolute Gasteiger partial charge is 0.142 e. The number of nitrogens with one attached hydrogen (secondary N) is 1. The second kappa shape index (κ2) is 4.13. The maximum atomic E-state index is 8.92. The van der Waals surface area contributed by atoms with Gasteiger partial charge in [0.05, 0.1) is 17.0 Å². The summed E-state index contributed by atoms with van der Waals surface area (Å²) in [5.41, 5.74) is 3.10. The highest BCUT2D eigenvalue weighted by molar-refractivity contribution is 6.35. The average Bonchev–Trinajstić information content (AvgIpc) is 2.84. The summed E-state index contributed by atoms with van der Waals surface area (Å²) in [5, 5.41) is 10.1. The zero-order valence-electron chi connectivity index (χ0n) is 9.18. The van der Waals surface area contributed by atoms with Crippen molar-refractivity contribution in [3.05, 3.63) is 47.5 Å². The van der Waals surface area contributed by atoms with Gasteiger partial charge in [-0.3, -0.25) is 0 Å². The molecular formula is C13H7ClN4. The molecule has 18 heavy (non-hydrogen) atoms. The first kappa shape index (κ1) is 10.8. The number of H-pyrrole nitrogens is 1. The highest BCUT2D eigenvalue weighted by Gasteiger charge is 2.11. The second-order valence-electron chi connectivity index (χ2n) is 3.78. The molecule has 1 N–H and O–H groups in total. The lowest BCUT2D eigenvalue weighted by Crippen LogP contribution is -1.83. The summed E-state index contributed by atoms with van der Waals surface area (Å²) in [6, 6.07) is 9.45. The fraction of sp³-hybridized carbons (Fsp3) is 0. The van der Waals surface area contributed by atoms with Gasteiger partial charge in [-0.2, -0.15) is 5.26 Å². The molecule has 2 heterocycles. The zero-order valence-corrected chi connectivity index (χ0v) is 9.94. The molecule has 86 valence electrons. The van der Waals surface area contributed by atoms with Crippen LogP contribution in [0.25, 0.3) is 22.2 Å². The molecule has 3 rings (SSSR count). The van der Waals surface area contributed by atoms with Crippen LogP contribution >= 0.6 is 11.6 Å². The van der Waals surface area contributed by atoms with Crippen LogP contribution in [-0.4, -0.2) is 15.0 Å². The van der Waals surface area contributed by atoms with Crippen LogP contribution in [0.5, 0.6) is 0 Å². The molecule has 4 nitrogen and oxygen atoms in total. The third-order valence-corrected chi connectivity index (χ3v) is 3.01. The number of hydrogen-bond acceptors (Lipinski definition) is 3. The Morgan fingerprint density at radius 3 is 3.00 bits per heavy atom. The summed E-state index contributed by atoms with van der Waals surface area (Å²) in [6.07, 6.45) is 3.23. The molecule has 1 aromatic carbocycles. The van der Waals surface area contributed by atoms with Crippen molar-refractivity contribution in [2.24, 2.45) is 0 Å². The van der Waals surface area contributed by atoms with Gasteiger partial charge >= 0.3 is 0 Å². The molecule has 0 spiro atoms. The molecular weight excluding hydrogens is 248 g/mol. The zero-order chi connectivity index (χ0) is 12.5. The normalized spacial score (nSPS) is 10.4. The van der Waals surface area contributed by atoms with Crippen molar-refractivity contribution in [2.75, 3.05) is 0 Å². The first-order chi connectivity index (χ1) is 8.79. The molecule has 0 bridgehead atoms. The number of halogens is 1. The van der Waals surface area contributed by atoms with Gasteiger partial charge in [-0.05, 0) is 17.7 Å². The van der Waals surface area contributed by atoms with Crippen molar-refractivity contribution < 1.29 is 0 Å². The third kappa shape index (κ3) is 1.62. The number of nitrogens with zero attached hydrogens (tertiary/aromatic N) is 3. The van der Waals surface area contributed by atoms with Crippen LogP contribution in [0.1, 0.15) is 5.56 Å². The predicted molar refractivity (Wildman–Crippen MR) is 69.0 cm³/mol. The SMILES string of the molecule is N#Cc1cccc(-c2c[nH]c3ncnc(Cl)c23)c1. The molecule has 0 atom stereocenters. The minimum Gasteiger partial charge on any atom is -0.345 e. The minimum atomic E-state index is 0.401. The van der Waals surface area contributed by atoms with E-state index in [1.807, 2.05) is 24.4 Å². The minimum absolute atomic E-state index is 0.401. The molecule has 0 fully saturated rings. The summed E-state index contributed by atoms with van der Waals surface area (Å²) in [4.78, 5) is 11.1. The van der Waals surface area contributed by atoms with Crippen LogP contribution in [0.15, 0.2) is 36.8 Å². The standard InChI is InChI=1S/C13H7ClN4/c14-12-11-10(6-16-13(11)18-7-17-12)9-3-1-2-8(4-9)5-15/h1-4,6-7H,(H,16,17,18). The Labute approximate surface area is 108 Å². The number of hydrogen-bond donors (Lipinski definition) is 1. The van der Waals surface area contributed by atoms with E-state index in [1.54, 1.807) is 6.07 Å². The van der Waals surface area contributed by atoms with E-state index in [9.17, 15) is 0 Å². The Balaban J connectivity index is 2.29. The molecule has 3 aromatic rings. The van der Waals surface area contributed by atoms with Gasteiger partial charge in [-0.25, -0.2) is 9.97 Å². The molecule has 5 heteroatoms. The molecule has 0 amide bonds. The summed E-state index contributed by atoms with van der Waals surface area (Å²) < 4.78 is 0. The highest BCUT2D eigenvalue weighted by Crippen LogP contribution is 2.31. The maximum absolute atomic E-state index is 8.92. The Morgan fingerprint density at radius 1 is 1.28 bits per heavy atom. The number of fused-ring (bicyclic) bond motifs is 1. The monoisotopic (exact) mass is 254 g/mol. The topological polar surface area (TPSA) is 65.4 Å². The quantitative estimate of drug-likeness (QED) is 0.679. The third-order valence-electron chi connectivity index (χ3n) is 2.73. The largest absolute Gasteiger partial charge is 0.345 e. The van der Waals surface area contributed by atoms with Gasteiger partial charge in [0, 0.05) is 11.8 Å². The maximum Gasteiger partial charge on any atom is 0.142 e. The summed E-state index contributed by atoms with van der Waals surface area (Å²) in [6.45, 7) is 0. The molecule has 0 aliphatic rings. The van der Waals surface area contributed by atoms with Crippen molar-refractivity contribution in [2.45, 2.75) is 0 Å². The van der Waals surface area contributed by atoms with Gasteiger partial charge in [-0.15, -0.1) is 0 Å². The van der Waals surface area contributed by atoms with Crippen LogP contribution in [0.4, 0.5) is 0 Å². The summed E-state index contributed by atoms with van der Waals surface area (Å²) in [5.74, 6) is 0. The van der Waals surface area contributed by atoms with E-state index in [4.69, 9.17) is 16.9 Å². The Morgan fingerprint density at radius 2 is 2.17 bits per heavy atom. The predicted octanol–water partition coefficient (Wildman–Crippen LogP) is 3.15. The van der Waals surface area contributed by atoms with Crippen molar-refractivity contribution in [3.8, 4) is 17.2 Å². The molecule has 2 aromatic heterocycles. The first-order valence-corrected chi connectivity index (χ1v) is 5.65. The average molecular weight is 255 g/mol. The van der Waals surface area contributed by atoms with E-state index in [2.05, 4.69) is 21.0 Å². The molecule has 0 saturated carbocycles. The van der Waals surface area contributed by atoms with Crippen molar-refractivity contribution in [3.63, 3.8) is 0 Å². The highest BCUT2D eigenvalue weighted by atomic mass is 35.5. The van der Waals surface area contributed by atoms with Crippen LogP contribution in [0.2, 0.25) is 5.15 Å². The van der Waals surface area contributed by atoms with Crippen LogP contribution in [-0.2, 0) is 0 Å². The van der Waals surface area contributed by atoms with E-state index in [-0.39, 0.29) is 0 Å². The lowest BCUT2D eigenvalue weighted by atomic mass is 10.0. The molecule has 0 aliphatic heterocycles. The van der Waals surface area contributed by atoms with Gasteiger partial charge in [0.2, 0.25) is 0 Å². The number of nitriles is 1. The van der Waals surface area contributed by atoms with E-state index >= 15 is 0 Å². The second-order valence-corrected chi connectivity index (χ2v) is 4.14. The summed E-state index contributed by atoms with van der Waals surface area (Å²) >= 11 is 6.09. The van der Waals surface area contributed by atoms with Crippen molar-refractivity contribution in [1.82, 2.24) is 15.0 Å². The molecule has 0 saturated heterocycles. The van der Waals surface area contributed by atoms with E-state index < -0.39 is 0 Å². The number of aromatic amines is 1. The lowest BCUT2D eigenvalue weighted by molar-refractivity contribution is 1.20. The van der Waals surface area contributed by atoms with Gasteiger partial charge in [0.25, 0.3) is 0 Å². The van der Waals surface area contributed by atoms with E-state index in [1.165, 1.54) is 6.33 Å².